The maximum absolute atomic E-state index is 10.6. The number of hydrogen-bond acceptors (Lipinski definition) is 1. The Balaban J connectivity index is 2.18. The van der Waals surface area contributed by atoms with Crippen molar-refractivity contribution >= 4 is 17.3 Å². The van der Waals surface area contributed by atoms with Crippen molar-refractivity contribution in [2.24, 2.45) is 0 Å². The minimum atomic E-state index is 0.156. The van der Waals surface area contributed by atoms with Gasteiger partial charge in [-0.1, -0.05) is 11.6 Å². The van der Waals surface area contributed by atoms with Gasteiger partial charge in [0.2, 0.25) is 6.41 Å². The molecule has 88 valence electrons. The minimum Gasteiger partial charge on any atom is -0.356 e. The molecule has 3 nitrogen and oxygen atoms in total. The van der Waals surface area contributed by atoms with Gasteiger partial charge in [0.15, 0.2) is 0 Å². The highest BCUT2D eigenvalue weighted by Gasteiger charge is 2.23. The van der Waals surface area contributed by atoms with Crippen molar-refractivity contribution < 1.29 is 4.79 Å². The lowest BCUT2D eigenvalue weighted by molar-refractivity contribution is -0.110. The van der Waals surface area contributed by atoms with Crippen LogP contribution in [-0.2, 0) is 11.2 Å². The van der Waals surface area contributed by atoms with Gasteiger partial charge in [-0.3, -0.25) is 4.79 Å². The van der Waals surface area contributed by atoms with Crippen LogP contribution in [0.2, 0.25) is 0 Å². The van der Waals surface area contributed by atoms with Crippen molar-refractivity contribution in [1.29, 1.82) is 0 Å². The predicted molar refractivity (Wildman–Crippen MR) is 67.9 cm³/mol. The Morgan fingerprint density at radius 1 is 1.47 bits per heavy atom. The van der Waals surface area contributed by atoms with Crippen LogP contribution >= 0.6 is 0 Å². The Hall–Kier alpha value is -1.77. The van der Waals surface area contributed by atoms with E-state index in [9.17, 15) is 4.79 Å². The summed E-state index contributed by atoms with van der Waals surface area (Å²) in [5.74, 6) is 0. The number of rotatable bonds is 2. The van der Waals surface area contributed by atoms with Gasteiger partial charge in [0.25, 0.3) is 0 Å². The lowest BCUT2D eigenvalue weighted by atomic mass is 9.91. The van der Waals surface area contributed by atoms with Gasteiger partial charge in [0.05, 0.1) is 6.04 Å². The molecule has 1 aliphatic carbocycles. The summed E-state index contributed by atoms with van der Waals surface area (Å²) in [6, 6.07) is 6.63. The molecular formula is C14H16N2O. The Bertz CT molecular complexity index is 571. The van der Waals surface area contributed by atoms with E-state index in [2.05, 4.69) is 35.4 Å². The summed E-state index contributed by atoms with van der Waals surface area (Å²) in [6.45, 7) is 2.11. The number of aryl methyl sites for hydroxylation is 2. The molecule has 1 atom stereocenters. The van der Waals surface area contributed by atoms with Crippen LogP contribution in [0.1, 0.15) is 35.7 Å². The molecule has 0 unspecified atom stereocenters. The van der Waals surface area contributed by atoms with E-state index in [1.54, 1.807) is 0 Å². The highest BCUT2D eigenvalue weighted by atomic mass is 16.1. The van der Waals surface area contributed by atoms with Gasteiger partial charge in [-0.25, -0.2) is 0 Å². The van der Waals surface area contributed by atoms with Crippen LogP contribution in [0.3, 0.4) is 0 Å². The van der Waals surface area contributed by atoms with Gasteiger partial charge in [-0.05, 0) is 43.9 Å². The number of carbonyl (C=O) groups excluding carboxylic acids is 1. The lowest BCUT2D eigenvalue weighted by Gasteiger charge is -2.21. The molecule has 3 heteroatoms. The number of fused-ring (bicyclic) bond motifs is 3. The average Bonchev–Trinajstić information content (AvgIpc) is 2.69. The summed E-state index contributed by atoms with van der Waals surface area (Å²) in [7, 11) is 0. The number of benzene rings is 1. The fourth-order valence-electron chi connectivity index (χ4n) is 2.83. The average molecular weight is 228 g/mol. The summed E-state index contributed by atoms with van der Waals surface area (Å²) in [5.41, 5.74) is 5.04. The lowest BCUT2D eigenvalue weighted by Crippen LogP contribution is -2.23. The number of aromatic nitrogens is 1. The molecule has 0 radical (unpaired) electrons. The van der Waals surface area contributed by atoms with E-state index in [-0.39, 0.29) is 6.04 Å². The van der Waals surface area contributed by atoms with Crippen molar-refractivity contribution in [3.05, 3.63) is 35.0 Å². The number of hydrogen-bond donors (Lipinski definition) is 2. The van der Waals surface area contributed by atoms with E-state index in [0.29, 0.717) is 0 Å². The molecular weight excluding hydrogens is 212 g/mol. The second-order valence-electron chi connectivity index (χ2n) is 4.80. The van der Waals surface area contributed by atoms with Crippen LogP contribution in [0.15, 0.2) is 18.2 Å². The predicted octanol–water partition coefficient (Wildman–Crippen LogP) is 2.60. The van der Waals surface area contributed by atoms with Crippen molar-refractivity contribution in [1.82, 2.24) is 10.3 Å². The Morgan fingerprint density at radius 2 is 2.35 bits per heavy atom. The maximum atomic E-state index is 10.6. The third-order valence-electron chi connectivity index (χ3n) is 3.63. The van der Waals surface area contributed by atoms with Crippen LogP contribution in [-0.4, -0.2) is 11.4 Å². The molecule has 0 bridgehead atoms. The van der Waals surface area contributed by atoms with Gasteiger partial charge in [0.1, 0.15) is 0 Å². The largest absolute Gasteiger partial charge is 0.356 e. The molecule has 17 heavy (non-hydrogen) atoms. The smallest absolute Gasteiger partial charge is 0.207 e. The summed E-state index contributed by atoms with van der Waals surface area (Å²) in [5, 5.41) is 4.22. The maximum Gasteiger partial charge on any atom is 0.207 e. The van der Waals surface area contributed by atoms with Gasteiger partial charge in [-0.15, -0.1) is 0 Å². The molecule has 3 rings (SSSR count). The van der Waals surface area contributed by atoms with E-state index < -0.39 is 0 Å². The monoisotopic (exact) mass is 228 g/mol. The molecule has 0 saturated carbocycles. The molecule has 2 aromatic rings. The summed E-state index contributed by atoms with van der Waals surface area (Å²) in [4.78, 5) is 14.1. The number of nitrogens with one attached hydrogen (secondary N) is 2. The Kier molecular flexibility index (Phi) is 2.39. The molecule has 0 saturated heterocycles. The molecule has 1 aromatic carbocycles. The quantitative estimate of drug-likeness (QED) is 0.762. The molecule has 1 aromatic heterocycles. The number of carbonyl (C=O) groups is 1. The van der Waals surface area contributed by atoms with Crippen LogP contribution in [0.4, 0.5) is 0 Å². The SMILES string of the molecule is Cc1ccc2[nH]c3c(c2c1)CCC[C@H]3NC=O. The molecule has 0 aliphatic heterocycles. The van der Waals surface area contributed by atoms with Gasteiger partial charge >= 0.3 is 0 Å². The topological polar surface area (TPSA) is 44.9 Å². The summed E-state index contributed by atoms with van der Waals surface area (Å²) < 4.78 is 0. The molecule has 0 fully saturated rings. The van der Waals surface area contributed by atoms with Crippen molar-refractivity contribution in [2.75, 3.05) is 0 Å². The first kappa shape index (κ1) is 10.4. The highest BCUT2D eigenvalue weighted by molar-refractivity contribution is 5.85. The van der Waals surface area contributed by atoms with E-state index >= 15 is 0 Å². The fraction of sp³-hybridized carbons (Fsp3) is 0.357. The van der Waals surface area contributed by atoms with Crippen LogP contribution in [0.25, 0.3) is 10.9 Å². The molecule has 1 aliphatic rings. The van der Waals surface area contributed by atoms with E-state index in [4.69, 9.17) is 0 Å². The van der Waals surface area contributed by atoms with E-state index in [1.807, 2.05) is 0 Å². The summed E-state index contributed by atoms with van der Waals surface area (Å²) in [6.07, 6.45) is 4.07. The van der Waals surface area contributed by atoms with Gasteiger partial charge in [0, 0.05) is 16.6 Å². The van der Waals surface area contributed by atoms with Crippen LogP contribution in [0, 0.1) is 6.92 Å². The van der Waals surface area contributed by atoms with Crippen LogP contribution in [0.5, 0.6) is 0 Å². The van der Waals surface area contributed by atoms with Crippen LogP contribution < -0.4 is 5.32 Å². The fourth-order valence-corrected chi connectivity index (χ4v) is 2.83. The normalized spacial score (nSPS) is 19.0. The van der Waals surface area contributed by atoms with Gasteiger partial charge < -0.3 is 10.3 Å². The highest BCUT2D eigenvalue weighted by Crippen LogP contribution is 2.34. The second-order valence-corrected chi connectivity index (χ2v) is 4.80. The standard InChI is InChI=1S/C14H16N2O/c1-9-5-6-12-11(7-9)10-3-2-4-13(15-8-17)14(10)16-12/h5-8,13,16H,2-4H2,1H3,(H,15,17)/t13-/m1/s1. The van der Waals surface area contributed by atoms with Crippen molar-refractivity contribution in [3.63, 3.8) is 0 Å². The zero-order chi connectivity index (χ0) is 11.8. The summed E-state index contributed by atoms with van der Waals surface area (Å²) >= 11 is 0. The van der Waals surface area contributed by atoms with E-state index in [0.717, 1.165) is 25.7 Å². The Labute approximate surface area is 100 Å². The second kappa shape index (κ2) is 3.91. The zero-order valence-electron chi connectivity index (χ0n) is 9.92. The first-order valence-electron chi connectivity index (χ1n) is 6.10. The van der Waals surface area contributed by atoms with Gasteiger partial charge in [-0.2, -0.15) is 0 Å². The number of amides is 1. The van der Waals surface area contributed by atoms with Crippen molar-refractivity contribution in [3.8, 4) is 0 Å². The Morgan fingerprint density at radius 3 is 3.18 bits per heavy atom. The minimum absolute atomic E-state index is 0.156. The third-order valence-corrected chi connectivity index (χ3v) is 3.63. The first-order chi connectivity index (χ1) is 8.29. The first-order valence-corrected chi connectivity index (χ1v) is 6.10. The zero-order valence-corrected chi connectivity index (χ0v) is 9.92. The molecule has 1 heterocycles. The van der Waals surface area contributed by atoms with Crippen molar-refractivity contribution in [2.45, 2.75) is 32.2 Å². The molecule has 1 amide bonds. The third kappa shape index (κ3) is 1.62. The molecule has 0 spiro atoms. The van der Waals surface area contributed by atoms with E-state index in [1.165, 1.54) is 27.7 Å². The number of H-pyrrole nitrogens is 1. The molecule has 2 N–H and O–H groups in total. The number of aromatic amines is 1.